The second-order valence-electron chi connectivity index (χ2n) is 7.35. The van der Waals surface area contributed by atoms with Crippen LogP contribution in [-0.2, 0) is 16.0 Å². The number of carbonyl (C=O) groups is 1. The smallest absolute Gasteiger partial charge is 0.310 e. The zero-order valence-corrected chi connectivity index (χ0v) is 16.8. The Morgan fingerprint density at radius 1 is 0.935 bits per heavy atom. The Balaban J connectivity index is 1.31. The molecule has 0 radical (unpaired) electrons. The van der Waals surface area contributed by atoms with E-state index < -0.39 is 0 Å². The van der Waals surface area contributed by atoms with E-state index in [2.05, 4.69) is 6.07 Å². The number of nitriles is 1. The summed E-state index contributed by atoms with van der Waals surface area (Å²) in [6.07, 6.45) is 6.40. The molecule has 3 aromatic rings. The molecule has 1 atom stereocenters. The Hall–Kier alpha value is -3.97. The number of benzene rings is 3. The molecule has 4 heteroatoms. The highest BCUT2D eigenvalue weighted by Gasteiger charge is 2.15. The molecule has 3 aromatic carbocycles. The number of allylic oxidation sites excluding steroid dienone is 2. The van der Waals surface area contributed by atoms with Crippen LogP contribution in [0.5, 0.6) is 0 Å². The van der Waals surface area contributed by atoms with Crippen molar-refractivity contribution in [2.75, 3.05) is 0 Å². The van der Waals surface area contributed by atoms with E-state index in [9.17, 15) is 9.18 Å². The third-order valence-electron chi connectivity index (χ3n) is 5.17. The molecule has 3 nitrogen and oxygen atoms in total. The van der Waals surface area contributed by atoms with Crippen LogP contribution in [0.25, 0.3) is 16.7 Å². The summed E-state index contributed by atoms with van der Waals surface area (Å²) in [6.45, 7) is 0. The monoisotopic (exact) mass is 409 g/mol. The van der Waals surface area contributed by atoms with Gasteiger partial charge in [0.05, 0.1) is 18.1 Å². The Labute approximate surface area is 180 Å². The molecule has 0 heterocycles. The van der Waals surface area contributed by atoms with Crippen molar-refractivity contribution in [2.45, 2.75) is 18.9 Å². The minimum atomic E-state index is -0.284. The molecule has 0 saturated heterocycles. The van der Waals surface area contributed by atoms with E-state index in [1.807, 2.05) is 54.6 Å². The summed E-state index contributed by atoms with van der Waals surface area (Å²) in [5.74, 6) is -0.543. The van der Waals surface area contributed by atoms with Gasteiger partial charge in [-0.25, -0.2) is 4.39 Å². The van der Waals surface area contributed by atoms with Crippen LogP contribution in [0, 0.1) is 17.1 Å². The zero-order chi connectivity index (χ0) is 21.6. The summed E-state index contributed by atoms with van der Waals surface area (Å²) in [7, 11) is 0. The van der Waals surface area contributed by atoms with Crippen LogP contribution in [0.2, 0.25) is 0 Å². The molecule has 0 aliphatic heterocycles. The molecule has 0 aromatic heterocycles. The van der Waals surface area contributed by atoms with Crippen LogP contribution >= 0.6 is 0 Å². The number of esters is 1. The summed E-state index contributed by atoms with van der Waals surface area (Å²) in [5.41, 5.74) is 5.46. The quantitative estimate of drug-likeness (QED) is 0.496. The predicted molar refractivity (Wildman–Crippen MR) is 118 cm³/mol. The average Bonchev–Trinajstić information content (AvgIpc) is 2.81. The van der Waals surface area contributed by atoms with E-state index in [0.29, 0.717) is 12.0 Å². The van der Waals surface area contributed by atoms with E-state index in [1.54, 1.807) is 24.3 Å². The lowest BCUT2D eigenvalue weighted by atomic mass is 9.97. The first kappa shape index (κ1) is 20.3. The first-order valence-corrected chi connectivity index (χ1v) is 10.0. The van der Waals surface area contributed by atoms with Crippen LogP contribution < -0.4 is 0 Å². The van der Waals surface area contributed by atoms with E-state index >= 15 is 0 Å². The highest BCUT2D eigenvalue weighted by molar-refractivity contribution is 5.77. The predicted octanol–water partition coefficient (Wildman–Crippen LogP) is 5.86. The highest BCUT2D eigenvalue weighted by atomic mass is 19.1. The summed E-state index contributed by atoms with van der Waals surface area (Å²) in [5, 5.41) is 8.90. The molecule has 0 amide bonds. The van der Waals surface area contributed by atoms with Gasteiger partial charge in [-0.2, -0.15) is 5.26 Å². The van der Waals surface area contributed by atoms with E-state index in [0.717, 1.165) is 27.8 Å². The fraction of sp³-hybridized carbons (Fsp3) is 0.111. The maximum Gasteiger partial charge on any atom is 0.310 e. The van der Waals surface area contributed by atoms with Gasteiger partial charge in [0.1, 0.15) is 11.9 Å². The maximum atomic E-state index is 13.1. The fourth-order valence-corrected chi connectivity index (χ4v) is 3.47. The second-order valence-corrected chi connectivity index (χ2v) is 7.35. The van der Waals surface area contributed by atoms with Gasteiger partial charge in [0.25, 0.3) is 0 Å². The van der Waals surface area contributed by atoms with Crippen LogP contribution in [0.1, 0.15) is 23.1 Å². The van der Waals surface area contributed by atoms with Crippen molar-refractivity contribution in [2.24, 2.45) is 0 Å². The number of carbonyl (C=O) groups excluding carboxylic acids is 1. The molecule has 1 unspecified atom stereocenters. The van der Waals surface area contributed by atoms with Crippen molar-refractivity contribution >= 4 is 11.5 Å². The zero-order valence-electron chi connectivity index (χ0n) is 16.8. The number of hydrogen-bond donors (Lipinski definition) is 0. The SMILES string of the molecule is N#Cc1ccc(C2=CCC(OC(=O)Cc3ccc(-c4ccc(F)cc4)cc3)C=C2)cc1. The van der Waals surface area contributed by atoms with Crippen molar-refractivity contribution in [1.82, 2.24) is 0 Å². The Kier molecular flexibility index (Phi) is 6.05. The van der Waals surface area contributed by atoms with Crippen LogP contribution in [-0.4, -0.2) is 12.1 Å². The summed E-state index contributed by atoms with van der Waals surface area (Å²) >= 11 is 0. The number of hydrogen-bond acceptors (Lipinski definition) is 3. The Morgan fingerprint density at radius 3 is 2.13 bits per heavy atom. The molecule has 0 saturated carbocycles. The van der Waals surface area contributed by atoms with Crippen molar-refractivity contribution in [3.63, 3.8) is 0 Å². The van der Waals surface area contributed by atoms with Crippen molar-refractivity contribution in [1.29, 1.82) is 5.26 Å². The summed E-state index contributed by atoms with van der Waals surface area (Å²) in [6, 6.07) is 23.5. The normalized spacial score (nSPS) is 15.1. The van der Waals surface area contributed by atoms with Crippen molar-refractivity contribution < 1.29 is 13.9 Å². The maximum absolute atomic E-state index is 13.1. The number of halogens is 1. The molecular weight excluding hydrogens is 389 g/mol. The second kappa shape index (κ2) is 9.23. The topological polar surface area (TPSA) is 50.1 Å². The minimum absolute atomic E-state index is 0.195. The van der Waals surface area contributed by atoms with Crippen LogP contribution in [0.4, 0.5) is 4.39 Å². The third-order valence-corrected chi connectivity index (χ3v) is 5.17. The Morgan fingerprint density at radius 2 is 1.55 bits per heavy atom. The van der Waals surface area contributed by atoms with Gasteiger partial charge < -0.3 is 4.74 Å². The lowest BCUT2D eigenvalue weighted by molar-refractivity contribution is -0.145. The third kappa shape index (κ3) is 5.15. The molecule has 1 aliphatic carbocycles. The van der Waals surface area contributed by atoms with Crippen molar-refractivity contribution in [3.8, 4) is 17.2 Å². The molecule has 0 N–H and O–H groups in total. The molecule has 0 fully saturated rings. The van der Waals surface area contributed by atoms with E-state index in [-0.39, 0.29) is 24.3 Å². The molecule has 4 rings (SSSR count). The van der Waals surface area contributed by atoms with Gasteiger partial charge in [0, 0.05) is 6.42 Å². The van der Waals surface area contributed by atoms with Gasteiger partial charge in [0.2, 0.25) is 0 Å². The number of rotatable bonds is 5. The molecular formula is C27H20FNO2. The van der Waals surface area contributed by atoms with Gasteiger partial charge in [-0.1, -0.05) is 60.7 Å². The number of nitrogens with zero attached hydrogens (tertiary/aromatic N) is 1. The molecule has 1 aliphatic rings. The van der Waals surface area contributed by atoms with Gasteiger partial charge >= 0.3 is 5.97 Å². The van der Waals surface area contributed by atoms with Gasteiger partial charge in [-0.05, 0) is 58.2 Å². The minimum Gasteiger partial charge on any atom is -0.458 e. The van der Waals surface area contributed by atoms with Crippen LogP contribution in [0.3, 0.4) is 0 Å². The molecule has 0 spiro atoms. The van der Waals surface area contributed by atoms with Gasteiger partial charge in [-0.15, -0.1) is 0 Å². The lowest BCUT2D eigenvalue weighted by Gasteiger charge is -2.17. The van der Waals surface area contributed by atoms with Crippen LogP contribution in [0.15, 0.2) is 91.0 Å². The summed E-state index contributed by atoms with van der Waals surface area (Å²) < 4.78 is 18.7. The first-order chi connectivity index (χ1) is 15.1. The molecule has 152 valence electrons. The first-order valence-electron chi connectivity index (χ1n) is 10.0. The average molecular weight is 409 g/mol. The van der Waals surface area contributed by atoms with Gasteiger partial charge in [-0.3, -0.25) is 4.79 Å². The Bertz CT molecular complexity index is 1170. The fourth-order valence-electron chi connectivity index (χ4n) is 3.47. The molecule has 31 heavy (non-hydrogen) atoms. The molecule has 0 bridgehead atoms. The van der Waals surface area contributed by atoms with E-state index in [1.165, 1.54) is 12.1 Å². The lowest BCUT2D eigenvalue weighted by Crippen LogP contribution is -2.18. The number of ether oxygens (including phenoxy) is 1. The standard InChI is InChI=1S/C27H20FNO2/c28-25-13-9-23(10-14-25)21-5-1-19(2-6-21)17-27(30)31-26-15-11-24(12-16-26)22-7-3-20(18-29)4-8-22/h1-15,26H,16-17H2. The van der Waals surface area contributed by atoms with Gasteiger partial charge in [0.15, 0.2) is 0 Å². The van der Waals surface area contributed by atoms with Crippen molar-refractivity contribution in [3.05, 3.63) is 114 Å². The summed E-state index contributed by atoms with van der Waals surface area (Å²) in [4.78, 5) is 12.3. The van der Waals surface area contributed by atoms with E-state index in [4.69, 9.17) is 10.00 Å². The largest absolute Gasteiger partial charge is 0.458 e. The highest BCUT2D eigenvalue weighted by Crippen LogP contribution is 2.24.